The molecule has 3 rings (SSSR count). The van der Waals surface area contributed by atoms with Gasteiger partial charge in [0.05, 0.1) is 0 Å². The topological polar surface area (TPSA) is 105 Å². The standard InChI is InChI=1S/C14H23N3O5S3/c1-4-15-10-8-17(6-5-7-22-3)25(20,21)14-12(10)11-9(2)16-24(18,19)13(11)23-14/h9-10,15-16H,4-8H2,1-3H3. The van der Waals surface area contributed by atoms with Crippen LogP contribution in [0.5, 0.6) is 0 Å². The number of rotatable bonds is 6. The van der Waals surface area contributed by atoms with Gasteiger partial charge in [-0.1, -0.05) is 6.92 Å². The molecule has 11 heteroatoms. The molecule has 25 heavy (non-hydrogen) atoms. The third kappa shape index (κ3) is 3.15. The van der Waals surface area contributed by atoms with Gasteiger partial charge in [-0.15, -0.1) is 11.3 Å². The van der Waals surface area contributed by atoms with Crippen LogP contribution in [0.3, 0.4) is 0 Å². The molecule has 0 saturated carbocycles. The molecule has 0 radical (unpaired) electrons. The van der Waals surface area contributed by atoms with Gasteiger partial charge in [0, 0.05) is 50.0 Å². The molecule has 0 bridgehead atoms. The van der Waals surface area contributed by atoms with E-state index < -0.39 is 26.1 Å². The highest BCUT2D eigenvalue weighted by atomic mass is 32.3. The molecule has 8 nitrogen and oxygen atoms in total. The maximum absolute atomic E-state index is 13.0. The highest BCUT2D eigenvalue weighted by Gasteiger charge is 2.46. The number of methoxy groups -OCH3 is 1. The van der Waals surface area contributed by atoms with Crippen molar-refractivity contribution in [3.8, 4) is 0 Å². The van der Waals surface area contributed by atoms with Crippen molar-refractivity contribution in [3.63, 3.8) is 0 Å². The monoisotopic (exact) mass is 409 g/mol. The summed E-state index contributed by atoms with van der Waals surface area (Å²) in [7, 11) is -5.76. The Labute approximate surface area is 152 Å². The first kappa shape index (κ1) is 19.2. The van der Waals surface area contributed by atoms with Crippen molar-refractivity contribution < 1.29 is 21.6 Å². The molecule has 0 aromatic carbocycles. The second kappa shape index (κ2) is 6.87. The fourth-order valence-corrected chi connectivity index (χ4v) is 9.06. The molecule has 2 atom stereocenters. The van der Waals surface area contributed by atoms with Crippen LogP contribution >= 0.6 is 11.3 Å². The van der Waals surface area contributed by atoms with Crippen molar-refractivity contribution in [1.29, 1.82) is 0 Å². The SMILES string of the molecule is CCNC1CN(CCCOC)S(=O)(=O)c2sc3c(c21)C(C)NS3(=O)=O. The van der Waals surface area contributed by atoms with Crippen molar-refractivity contribution in [1.82, 2.24) is 14.3 Å². The van der Waals surface area contributed by atoms with Gasteiger partial charge in [0.15, 0.2) is 0 Å². The Morgan fingerprint density at radius 1 is 1.28 bits per heavy atom. The smallest absolute Gasteiger partial charge is 0.253 e. The molecule has 0 amide bonds. The third-order valence-corrected chi connectivity index (χ3v) is 10.1. The molecule has 0 spiro atoms. The normalized spacial score (nSPS) is 27.2. The summed E-state index contributed by atoms with van der Waals surface area (Å²) in [4.78, 5) is 0. The minimum Gasteiger partial charge on any atom is -0.385 e. The van der Waals surface area contributed by atoms with Gasteiger partial charge < -0.3 is 10.1 Å². The summed E-state index contributed by atoms with van der Waals surface area (Å²) in [5, 5.41) is 3.31. The fourth-order valence-electron chi connectivity index (χ4n) is 3.41. The first-order valence-corrected chi connectivity index (χ1v) is 11.9. The van der Waals surface area contributed by atoms with Crippen LogP contribution < -0.4 is 10.0 Å². The Hall–Kier alpha value is -0.560. The number of fused-ring (bicyclic) bond motifs is 3. The van der Waals surface area contributed by atoms with Gasteiger partial charge in [-0.25, -0.2) is 21.6 Å². The highest BCUT2D eigenvalue weighted by molar-refractivity contribution is 7.94. The van der Waals surface area contributed by atoms with E-state index in [1.807, 2.05) is 6.92 Å². The van der Waals surface area contributed by atoms with E-state index in [0.717, 1.165) is 11.3 Å². The summed E-state index contributed by atoms with van der Waals surface area (Å²) < 4.78 is 59.9. The van der Waals surface area contributed by atoms with Gasteiger partial charge in [0.25, 0.3) is 20.0 Å². The van der Waals surface area contributed by atoms with Crippen LogP contribution in [0.4, 0.5) is 0 Å². The Bertz CT molecular complexity index is 863. The van der Waals surface area contributed by atoms with Crippen LogP contribution in [0.2, 0.25) is 0 Å². The van der Waals surface area contributed by atoms with E-state index in [0.29, 0.717) is 43.8 Å². The summed E-state index contributed by atoms with van der Waals surface area (Å²) >= 11 is 0.863. The molecule has 2 N–H and O–H groups in total. The maximum Gasteiger partial charge on any atom is 0.253 e. The van der Waals surface area contributed by atoms with Crippen molar-refractivity contribution in [2.45, 2.75) is 40.8 Å². The minimum absolute atomic E-state index is 0.134. The van der Waals surface area contributed by atoms with Gasteiger partial charge in [-0.3, -0.25) is 0 Å². The molecule has 3 heterocycles. The van der Waals surface area contributed by atoms with Gasteiger partial charge in [0.2, 0.25) is 0 Å². The molecule has 0 aliphatic carbocycles. The Morgan fingerprint density at radius 3 is 2.64 bits per heavy atom. The summed E-state index contributed by atoms with van der Waals surface area (Å²) in [6.07, 6.45) is 0.589. The van der Waals surface area contributed by atoms with Gasteiger partial charge in [0.1, 0.15) is 8.42 Å². The summed E-state index contributed by atoms with van der Waals surface area (Å²) in [6.45, 7) is 5.47. The first-order valence-electron chi connectivity index (χ1n) is 8.15. The van der Waals surface area contributed by atoms with Crippen LogP contribution in [0.25, 0.3) is 0 Å². The number of hydrogen-bond donors (Lipinski definition) is 2. The maximum atomic E-state index is 13.0. The van der Waals surface area contributed by atoms with Crippen LogP contribution in [-0.2, 0) is 24.8 Å². The summed E-state index contributed by atoms with van der Waals surface area (Å²) in [6, 6.07) is -0.639. The summed E-state index contributed by atoms with van der Waals surface area (Å²) in [5.74, 6) is 0. The summed E-state index contributed by atoms with van der Waals surface area (Å²) in [5.41, 5.74) is 1.22. The number of sulfonamides is 2. The number of hydrogen-bond acceptors (Lipinski definition) is 7. The average molecular weight is 410 g/mol. The molecule has 2 aliphatic rings. The van der Waals surface area contributed by atoms with Crippen molar-refractivity contribution in [2.75, 3.05) is 33.4 Å². The van der Waals surface area contributed by atoms with Gasteiger partial charge >= 0.3 is 0 Å². The zero-order valence-electron chi connectivity index (χ0n) is 14.4. The molecule has 0 fully saturated rings. The molecule has 1 aromatic rings. The van der Waals surface area contributed by atoms with E-state index >= 15 is 0 Å². The Balaban J connectivity index is 2.11. The third-order valence-electron chi connectivity index (χ3n) is 4.44. The van der Waals surface area contributed by atoms with E-state index in [1.54, 1.807) is 14.0 Å². The lowest BCUT2D eigenvalue weighted by molar-refractivity contribution is 0.185. The zero-order valence-corrected chi connectivity index (χ0v) is 16.9. The van der Waals surface area contributed by atoms with E-state index in [2.05, 4.69) is 10.0 Å². The molecule has 142 valence electrons. The zero-order chi connectivity index (χ0) is 18.4. The molecule has 1 aromatic heterocycles. The quantitative estimate of drug-likeness (QED) is 0.673. The van der Waals surface area contributed by atoms with Crippen LogP contribution in [0.1, 0.15) is 43.5 Å². The number of nitrogens with zero attached hydrogens (tertiary/aromatic N) is 1. The van der Waals surface area contributed by atoms with E-state index in [9.17, 15) is 16.8 Å². The van der Waals surface area contributed by atoms with Crippen molar-refractivity contribution in [3.05, 3.63) is 11.1 Å². The van der Waals surface area contributed by atoms with E-state index in [1.165, 1.54) is 4.31 Å². The predicted molar refractivity (Wildman–Crippen MR) is 94.7 cm³/mol. The van der Waals surface area contributed by atoms with Gasteiger partial charge in [-0.05, 0) is 19.9 Å². The predicted octanol–water partition coefficient (Wildman–Crippen LogP) is 0.792. The number of thiophene rings is 1. The number of nitrogens with one attached hydrogen (secondary N) is 2. The lowest BCUT2D eigenvalue weighted by Crippen LogP contribution is -2.44. The number of ether oxygens (including phenoxy) is 1. The lowest BCUT2D eigenvalue weighted by Gasteiger charge is -2.33. The van der Waals surface area contributed by atoms with Crippen LogP contribution in [-0.4, -0.2) is 54.5 Å². The van der Waals surface area contributed by atoms with E-state index in [4.69, 9.17) is 4.74 Å². The van der Waals surface area contributed by atoms with E-state index in [-0.39, 0.29) is 14.5 Å². The van der Waals surface area contributed by atoms with Crippen molar-refractivity contribution >= 4 is 31.4 Å². The van der Waals surface area contributed by atoms with Crippen LogP contribution in [0.15, 0.2) is 8.42 Å². The van der Waals surface area contributed by atoms with Gasteiger partial charge in [-0.2, -0.15) is 4.31 Å². The molecular weight excluding hydrogens is 386 g/mol. The molecule has 2 unspecified atom stereocenters. The largest absolute Gasteiger partial charge is 0.385 e. The molecule has 0 saturated heterocycles. The lowest BCUT2D eigenvalue weighted by atomic mass is 10.0. The first-order chi connectivity index (χ1) is 11.7. The minimum atomic E-state index is -3.70. The second-order valence-electron chi connectivity index (χ2n) is 6.17. The molecular formula is C14H23N3O5S3. The second-order valence-corrected chi connectivity index (χ2v) is 11.2. The fraction of sp³-hybridized carbons (Fsp3) is 0.714. The molecule has 2 aliphatic heterocycles. The highest BCUT2D eigenvalue weighted by Crippen LogP contribution is 2.48. The van der Waals surface area contributed by atoms with Crippen LogP contribution in [0, 0.1) is 0 Å². The Morgan fingerprint density at radius 2 is 2.00 bits per heavy atom. The Kier molecular flexibility index (Phi) is 5.28. The van der Waals surface area contributed by atoms with Crippen molar-refractivity contribution in [2.24, 2.45) is 0 Å². The number of likely N-dealkylation sites (N-methyl/N-ethyl adjacent to an activating group) is 1. The average Bonchev–Trinajstić information content (AvgIpc) is 3.03.